The number of fused-ring (bicyclic) bond motifs is 1. The van der Waals surface area contributed by atoms with E-state index in [1.54, 1.807) is 12.4 Å². The van der Waals surface area contributed by atoms with Crippen molar-refractivity contribution in [3.63, 3.8) is 0 Å². The Balaban J connectivity index is 2.22. The lowest BCUT2D eigenvalue weighted by Gasteiger charge is -2.23. The van der Waals surface area contributed by atoms with Gasteiger partial charge in [-0.2, -0.15) is 0 Å². The first-order valence-electron chi connectivity index (χ1n) is 6.60. The first kappa shape index (κ1) is 13.6. The number of nitrogen functional groups attached to an aromatic ring is 1. The lowest BCUT2D eigenvalue weighted by molar-refractivity contribution is 0.400. The zero-order chi connectivity index (χ0) is 13.8. The normalized spacial score (nSPS) is 11.4. The van der Waals surface area contributed by atoms with Crippen molar-refractivity contribution in [2.24, 2.45) is 0 Å². The zero-order valence-electron chi connectivity index (χ0n) is 11.9. The Morgan fingerprint density at radius 1 is 1.32 bits per heavy atom. The van der Waals surface area contributed by atoms with E-state index in [0.29, 0.717) is 5.82 Å². The van der Waals surface area contributed by atoms with Crippen molar-refractivity contribution in [1.29, 1.82) is 0 Å². The summed E-state index contributed by atoms with van der Waals surface area (Å²) in [5, 5.41) is 0. The predicted molar refractivity (Wildman–Crippen MR) is 78.5 cm³/mol. The van der Waals surface area contributed by atoms with E-state index in [1.165, 1.54) is 0 Å². The highest BCUT2D eigenvalue weighted by atomic mass is 15.2. The van der Waals surface area contributed by atoms with Gasteiger partial charge in [-0.25, -0.2) is 9.97 Å². The van der Waals surface area contributed by atoms with Gasteiger partial charge in [-0.05, 0) is 34.0 Å². The number of hydrogen-bond acceptors (Lipinski definition) is 5. The second kappa shape index (κ2) is 5.88. The maximum atomic E-state index is 5.86. The first-order valence-corrected chi connectivity index (χ1v) is 6.60. The molecule has 0 amide bonds. The quantitative estimate of drug-likeness (QED) is 0.844. The number of anilines is 2. The van der Waals surface area contributed by atoms with E-state index < -0.39 is 0 Å². The molecule has 0 aliphatic heterocycles. The van der Waals surface area contributed by atoms with Gasteiger partial charge in [-0.1, -0.05) is 0 Å². The van der Waals surface area contributed by atoms with Crippen LogP contribution in [0, 0.1) is 0 Å². The largest absolute Gasteiger partial charge is 0.382 e. The molecule has 2 heterocycles. The second-order valence-electron chi connectivity index (χ2n) is 4.88. The fourth-order valence-corrected chi connectivity index (χ4v) is 2.14. The van der Waals surface area contributed by atoms with Crippen molar-refractivity contribution in [2.45, 2.75) is 13.3 Å². The fraction of sp³-hybridized carbons (Fsp3) is 0.538. The van der Waals surface area contributed by atoms with Crippen LogP contribution in [0.5, 0.6) is 0 Å². The van der Waals surface area contributed by atoms with Crippen LogP contribution in [0.25, 0.3) is 5.65 Å². The van der Waals surface area contributed by atoms with Crippen molar-refractivity contribution < 1.29 is 0 Å². The summed E-state index contributed by atoms with van der Waals surface area (Å²) in [6.45, 7) is 5.03. The highest BCUT2D eigenvalue weighted by Gasteiger charge is 2.12. The van der Waals surface area contributed by atoms with Gasteiger partial charge in [0.05, 0.1) is 6.20 Å². The third kappa shape index (κ3) is 3.14. The van der Waals surface area contributed by atoms with Crippen molar-refractivity contribution in [3.8, 4) is 0 Å². The molecule has 0 spiro atoms. The molecule has 0 atom stereocenters. The Morgan fingerprint density at radius 2 is 2.11 bits per heavy atom. The molecule has 0 unspecified atom stereocenters. The fourth-order valence-electron chi connectivity index (χ4n) is 2.14. The van der Waals surface area contributed by atoms with E-state index in [2.05, 4.69) is 40.8 Å². The van der Waals surface area contributed by atoms with Gasteiger partial charge in [0.2, 0.25) is 0 Å². The molecule has 2 N–H and O–H groups in total. The summed E-state index contributed by atoms with van der Waals surface area (Å²) in [6, 6.07) is 0. The van der Waals surface area contributed by atoms with Crippen molar-refractivity contribution in [1.82, 2.24) is 19.3 Å². The van der Waals surface area contributed by atoms with Crippen LogP contribution in [-0.2, 0) is 0 Å². The number of rotatable bonds is 6. The Morgan fingerprint density at radius 3 is 2.79 bits per heavy atom. The van der Waals surface area contributed by atoms with Gasteiger partial charge in [0.1, 0.15) is 5.82 Å². The van der Waals surface area contributed by atoms with E-state index >= 15 is 0 Å². The maximum absolute atomic E-state index is 5.86. The van der Waals surface area contributed by atoms with Gasteiger partial charge < -0.3 is 19.9 Å². The third-order valence-corrected chi connectivity index (χ3v) is 3.09. The lowest BCUT2D eigenvalue weighted by Crippen LogP contribution is -2.28. The molecule has 0 bridgehead atoms. The number of nitrogens with two attached hydrogens (primary N) is 1. The van der Waals surface area contributed by atoms with Gasteiger partial charge in [0, 0.05) is 25.5 Å². The molecule has 0 saturated heterocycles. The summed E-state index contributed by atoms with van der Waals surface area (Å²) in [7, 11) is 4.17. The average molecular weight is 262 g/mol. The molecule has 104 valence electrons. The average Bonchev–Trinajstić information content (AvgIpc) is 2.81. The SMILES string of the molecule is CCN(CCCN(C)C)c1nc(N)cn2ccnc12. The van der Waals surface area contributed by atoms with Gasteiger partial charge >= 0.3 is 0 Å². The Kier molecular flexibility index (Phi) is 4.21. The van der Waals surface area contributed by atoms with Crippen LogP contribution in [0.4, 0.5) is 11.6 Å². The van der Waals surface area contributed by atoms with E-state index in [1.807, 2.05) is 10.6 Å². The van der Waals surface area contributed by atoms with Crippen molar-refractivity contribution in [3.05, 3.63) is 18.6 Å². The van der Waals surface area contributed by atoms with E-state index in [4.69, 9.17) is 5.73 Å². The molecule has 6 nitrogen and oxygen atoms in total. The van der Waals surface area contributed by atoms with Crippen LogP contribution >= 0.6 is 0 Å². The molecule has 0 fully saturated rings. The molecule has 0 aliphatic rings. The molecule has 2 rings (SSSR count). The molecule has 0 radical (unpaired) electrons. The Hall–Kier alpha value is -1.82. The molecule has 2 aromatic rings. The van der Waals surface area contributed by atoms with Crippen LogP contribution in [-0.4, -0.2) is 53.0 Å². The lowest BCUT2D eigenvalue weighted by atomic mass is 10.3. The van der Waals surface area contributed by atoms with Gasteiger partial charge in [-0.15, -0.1) is 0 Å². The van der Waals surface area contributed by atoms with Gasteiger partial charge in [0.15, 0.2) is 11.5 Å². The summed E-state index contributed by atoms with van der Waals surface area (Å²) in [4.78, 5) is 13.2. The summed E-state index contributed by atoms with van der Waals surface area (Å²) < 4.78 is 1.92. The van der Waals surface area contributed by atoms with E-state index in [0.717, 1.165) is 37.5 Å². The van der Waals surface area contributed by atoms with E-state index in [-0.39, 0.29) is 0 Å². The standard InChI is InChI=1S/C13H22N6/c1-4-18(8-5-7-17(2)3)13-12-15-6-9-19(12)10-11(14)16-13/h6,9-10H,4-5,7-8,14H2,1-3H3. The van der Waals surface area contributed by atoms with Crippen LogP contribution < -0.4 is 10.6 Å². The Bertz CT molecular complexity index is 533. The second-order valence-corrected chi connectivity index (χ2v) is 4.88. The molecule has 2 aromatic heterocycles. The summed E-state index contributed by atoms with van der Waals surface area (Å²) in [6.07, 6.45) is 6.54. The van der Waals surface area contributed by atoms with Gasteiger partial charge in [0.25, 0.3) is 0 Å². The minimum Gasteiger partial charge on any atom is -0.382 e. The predicted octanol–water partition coefficient (Wildman–Crippen LogP) is 1.09. The maximum Gasteiger partial charge on any atom is 0.180 e. The minimum absolute atomic E-state index is 0.520. The van der Waals surface area contributed by atoms with Crippen LogP contribution in [0.3, 0.4) is 0 Å². The third-order valence-electron chi connectivity index (χ3n) is 3.09. The van der Waals surface area contributed by atoms with Gasteiger partial charge in [-0.3, -0.25) is 0 Å². The van der Waals surface area contributed by atoms with Crippen LogP contribution in [0.2, 0.25) is 0 Å². The molecular weight excluding hydrogens is 240 g/mol. The van der Waals surface area contributed by atoms with Crippen molar-refractivity contribution in [2.75, 3.05) is 44.4 Å². The molecule has 6 heteroatoms. The topological polar surface area (TPSA) is 62.7 Å². The number of nitrogens with zero attached hydrogens (tertiary/aromatic N) is 5. The zero-order valence-corrected chi connectivity index (χ0v) is 11.9. The smallest absolute Gasteiger partial charge is 0.180 e. The molecule has 0 aromatic carbocycles. The Labute approximate surface area is 113 Å². The van der Waals surface area contributed by atoms with Crippen molar-refractivity contribution >= 4 is 17.3 Å². The molecule has 0 aliphatic carbocycles. The molecule has 0 saturated carbocycles. The summed E-state index contributed by atoms with van der Waals surface area (Å²) >= 11 is 0. The minimum atomic E-state index is 0.520. The molecule has 19 heavy (non-hydrogen) atoms. The van der Waals surface area contributed by atoms with Crippen LogP contribution in [0.15, 0.2) is 18.6 Å². The highest BCUT2D eigenvalue weighted by molar-refractivity contribution is 5.66. The highest BCUT2D eigenvalue weighted by Crippen LogP contribution is 2.19. The van der Waals surface area contributed by atoms with Crippen LogP contribution in [0.1, 0.15) is 13.3 Å². The monoisotopic (exact) mass is 262 g/mol. The number of imidazole rings is 1. The number of hydrogen-bond donors (Lipinski definition) is 1. The van der Waals surface area contributed by atoms with E-state index in [9.17, 15) is 0 Å². The summed E-state index contributed by atoms with van der Waals surface area (Å²) in [5.74, 6) is 1.39. The number of aromatic nitrogens is 3. The summed E-state index contributed by atoms with van der Waals surface area (Å²) in [5.41, 5.74) is 6.72. The first-order chi connectivity index (χ1) is 9.11. The molecular formula is C13H22N6.